The minimum atomic E-state index is 0.364. The summed E-state index contributed by atoms with van der Waals surface area (Å²) in [7, 11) is 1.70. The number of nitrogens with one attached hydrogen (secondary N) is 1. The molecular formula is C16H27NO2. The van der Waals surface area contributed by atoms with E-state index in [4.69, 9.17) is 9.15 Å². The fourth-order valence-corrected chi connectivity index (χ4v) is 3.21. The Labute approximate surface area is 116 Å². The molecule has 1 heterocycles. The van der Waals surface area contributed by atoms with E-state index in [9.17, 15) is 0 Å². The van der Waals surface area contributed by atoms with Gasteiger partial charge in [-0.1, -0.05) is 26.7 Å². The highest BCUT2D eigenvalue weighted by Gasteiger charge is 2.33. The van der Waals surface area contributed by atoms with Crippen LogP contribution in [0.4, 0.5) is 0 Å². The molecule has 0 saturated heterocycles. The van der Waals surface area contributed by atoms with Crippen LogP contribution in [0.3, 0.4) is 0 Å². The first kappa shape index (κ1) is 14.6. The van der Waals surface area contributed by atoms with E-state index in [1.54, 1.807) is 7.11 Å². The maximum Gasteiger partial charge on any atom is 0.129 e. The normalized spacial score (nSPS) is 24.8. The van der Waals surface area contributed by atoms with Crippen molar-refractivity contribution in [2.75, 3.05) is 13.7 Å². The SMILES string of the molecule is CCCNC(c1ccc(COC)o1)C1CCCC1C. The van der Waals surface area contributed by atoms with E-state index < -0.39 is 0 Å². The van der Waals surface area contributed by atoms with Crippen molar-refractivity contribution >= 4 is 0 Å². The fourth-order valence-electron chi connectivity index (χ4n) is 3.21. The average Bonchev–Trinajstić information content (AvgIpc) is 3.01. The second-order valence-corrected chi connectivity index (χ2v) is 5.74. The smallest absolute Gasteiger partial charge is 0.129 e. The highest BCUT2D eigenvalue weighted by atomic mass is 16.5. The lowest BCUT2D eigenvalue weighted by molar-refractivity contribution is 0.158. The molecule has 1 aromatic heterocycles. The molecule has 108 valence electrons. The number of hydrogen-bond donors (Lipinski definition) is 1. The predicted molar refractivity (Wildman–Crippen MR) is 77.0 cm³/mol. The van der Waals surface area contributed by atoms with Crippen molar-refractivity contribution in [1.29, 1.82) is 0 Å². The zero-order valence-corrected chi connectivity index (χ0v) is 12.4. The van der Waals surface area contributed by atoms with E-state index in [0.29, 0.717) is 18.6 Å². The van der Waals surface area contributed by atoms with E-state index in [0.717, 1.165) is 30.4 Å². The zero-order valence-electron chi connectivity index (χ0n) is 12.4. The summed E-state index contributed by atoms with van der Waals surface area (Å²) in [6.07, 6.45) is 5.16. The van der Waals surface area contributed by atoms with Gasteiger partial charge in [-0.05, 0) is 43.4 Å². The number of furan rings is 1. The van der Waals surface area contributed by atoms with Gasteiger partial charge < -0.3 is 14.5 Å². The summed E-state index contributed by atoms with van der Waals surface area (Å²) in [6, 6.07) is 4.52. The van der Waals surface area contributed by atoms with Crippen LogP contribution in [0.15, 0.2) is 16.5 Å². The summed E-state index contributed by atoms with van der Waals surface area (Å²) >= 11 is 0. The third kappa shape index (κ3) is 3.61. The largest absolute Gasteiger partial charge is 0.462 e. The van der Waals surface area contributed by atoms with Crippen LogP contribution in [0, 0.1) is 11.8 Å². The minimum absolute atomic E-state index is 0.364. The van der Waals surface area contributed by atoms with Crippen molar-refractivity contribution in [3.05, 3.63) is 23.7 Å². The Morgan fingerprint density at radius 2 is 2.26 bits per heavy atom. The number of hydrogen-bond acceptors (Lipinski definition) is 3. The molecule has 1 N–H and O–H groups in total. The first-order valence-electron chi connectivity index (χ1n) is 7.57. The summed E-state index contributed by atoms with van der Waals surface area (Å²) in [5, 5.41) is 3.68. The van der Waals surface area contributed by atoms with Crippen molar-refractivity contribution in [3.63, 3.8) is 0 Å². The average molecular weight is 265 g/mol. The van der Waals surface area contributed by atoms with Crippen LogP contribution in [0.25, 0.3) is 0 Å². The molecule has 1 saturated carbocycles. The monoisotopic (exact) mass is 265 g/mol. The van der Waals surface area contributed by atoms with Gasteiger partial charge in [-0.25, -0.2) is 0 Å². The van der Waals surface area contributed by atoms with Crippen LogP contribution in [0.5, 0.6) is 0 Å². The molecule has 1 aliphatic carbocycles. The van der Waals surface area contributed by atoms with E-state index in [-0.39, 0.29) is 0 Å². The third-order valence-electron chi connectivity index (χ3n) is 4.25. The molecule has 2 rings (SSSR count). The Bertz CT molecular complexity index is 375. The van der Waals surface area contributed by atoms with Gasteiger partial charge in [0.05, 0.1) is 6.04 Å². The molecule has 1 aromatic rings. The first-order chi connectivity index (χ1) is 9.26. The minimum Gasteiger partial charge on any atom is -0.462 e. The van der Waals surface area contributed by atoms with Crippen molar-refractivity contribution in [3.8, 4) is 0 Å². The molecular weight excluding hydrogens is 238 g/mol. The molecule has 3 heteroatoms. The van der Waals surface area contributed by atoms with Gasteiger partial charge in [-0.2, -0.15) is 0 Å². The van der Waals surface area contributed by atoms with Gasteiger partial charge in [-0.15, -0.1) is 0 Å². The summed E-state index contributed by atoms with van der Waals surface area (Å²) < 4.78 is 11.1. The van der Waals surface area contributed by atoms with Crippen molar-refractivity contribution in [2.24, 2.45) is 11.8 Å². The van der Waals surface area contributed by atoms with Crippen LogP contribution < -0.4 is 5.32 Å². The maximum absolute atomic E-state index is 5.96. The van der Waals surface area contributed by atoms with Crippen molar-refractivity contribution in [1.82, 2.24) is 5.32 Å². The Kier molecular flexibility index (Phi) is 5.46. The fraction of sp³-hybridized carbons (Fsp3) is 0.750. The lowest BCUT2D eigenvalue weighted by Crippen LogP contribution is -2.30. The van der Waals surface area contributed by atoms with E-state index in [2.05, 4.69) is 25.2 Å². The van der Waals surface area contributed by atoms with Gasteiger partial charge in [0.25, 0.3) is 0 Å². The Hall–Kier alpha value is -0.800. The lowest BCUT2D eigenvalue weighted by atomic mass is 9.88. The summed E-state index contributed by atoms with van der Waals surface area (Å²) in [4.78, 5) is 0. The van der Waals surface area contributed by atoms with Gasteiger partial charge >= 0.3 is 0 Å². The first-order valence-corrected chi connectivity index (χ1v) is 7.57. The molecule has 0 aliphatic heterocycles. The van der Waals surface area contributed by atoms with E-state index >= 15 is 0 Å². The Morgan fingerprint density at radius 3 is 2.89 bits per heavy atom. The van der Waals surface area contributed by atoms with Crippen LogP contribution in [0.2, 0.25) is 0 Å². The molecule has 1 fully saturated rings. The second-order valence-electron chi connectivity index (χ2n) is 5.74. The topological polar surface area (TPSA) is 34.4 Å². The molecule has 0 bridgehead atoms. The van der Waals surface area contributed by atoms with Crippen molar-refractivity contribution < 1.29 is 9.15 Å². The standard InChI is InChI=1S/C16H27NO2/c1-4-10-17-16(14-7-5-6-12(14)2)15-9-8-13(19-15)11-18-3/h8-9,12,14,16-17H,4-7,10-11H2,1-3H3. The highest BCUT2D eigenvalue weighted by Crippen LogP contribution is 2.40. The van der Waals surface area contributed by atoms with E-state index in [1.807, 2.05) is 6.07 Å². The molecule has 3 unspecified atom stereocenters. The zero-order chi connectivity index (χ0) is 13.7. The van der Waals surface area contributed by atoms with Gasteiger partial charge in [-0.3, -0.25) is 0 Å². The molecule has 0 spiro atoms. The molecule has 19 heavy (non-hydrogen) atoms. The number of methoxy groups -OCH3 is 1. The highest BCUT2D eigenvalue weighted by molar-refractivity contribution is 5.12. The molecule has 3 nitrogen and oxygen atoms in total. The van der Waals surface area contributed by atoms with Gasteiger partial charge in [0.15, 0.2) is 0 Å². The Morgan fingerprint density at radius 1 is 1.42 bits per heavy atom. The van der Waals surface area contributed by atoms with Crippen molar-refractivity contribution in [2.45, 2.75) is 52.2 Å². The predicted octanol–water partition coefficient (Wildman–Crippen LogP) is 3.90. The molecule has 1 aliphatic rings. The summed E-state index contributed by atoms with van der Waals surface area (Å²) in [5.41, 5.74) is 0. The maximum atomic E-state index is 5.96. The number of ether oxygens (including phenoxy) is 1. The molecule has 0 radical (unpaired) electrons. The van der Waals surface area contributed by atoms with Crippen LogP contribution >= 0.6 is 0 Å². The molecule has 0 aromatic carbocycles. The van der Waals surface area contributed by atoms with Crippen LogP contribution in [-0.4, -0.2) is 13.7 Å². The van der Waals surface area contributed by atoms with Gasteiger partial charge in [0, 0.05) is 7.11 Å². The number of rotatable bonds is 7. The summed E-state index contributed by atoms with van der Waals surface area (Å²) in [5.74, 6) is 3.49. The van der Waals surface area contributed by atoms with Crippen LogP contribution in [-0.2, 0) is 11.3 Å². The molecule has 0 amide bonds. The lowest BCUT2D eigenvalue weighted by Gasteiger charge is -2.26. The molecule has 3 atom stereocenters. The van der Waals surface area contributed by atoms with Crippen LogP contribution in [0.1, 0.15) is 57.1 Å². The third-order valence-corrected chi connectivity index (χ3v) is 4.25. The van der Waals surface area contributed by atoms with E-state index in [1.165, 1.54) is 19.3 Å². The second kappa shape index (κ2) is 7.11. The Balaban J connectivity index is 2.10. The summed E-state index contributed by atoms with van der Waals surface area (Å²) in [6.45, 7) is 6.19. The quantitative estimate of drug-likeness (QED) is 0.812. The van der Waals surface area contributed by atoms with Gasteiger partial charge in [0.1, 0.15) is 18.1 Å². The van der Waals surface area contributed by atoms with Gasteiger partial charge in [0.2, 0.25) is 0 Å².